The van der Waals surface area contributed by atoms with Gasteiger partial charge in [0.2, 0.25) is 5.75 Å². The Bertz CT molecular complexity index is 1210. The van der Waals surface area contributed by atoms with Crippen LogP contribution in [0.15, 0.2) is 59.6 Å². The predicted molar refractivity (Wildman–Crippen MR) is 119 cm³/mol. The summed E-state index contributed by atoms with van der Waals surface area (Å²) in [6.07, 6.45) is -3.17. The van der Waals surface area contributed by atoms with Crippen LogP contribution in [0.1, 0.15) is 23.6 Å². The molecule has 172 valence electrons. The highest BCUT2D eigenvalue weighted by molar-refractivity contribution is 6.32. The Morgan fingerprint density at radius 2 is 1.85 bits per heavy atom. The second-order valence-electron chi connectivity index (χ2n) is 6.85. The van der Waals surface area contributed by atoms with Crippen molar-refractivity contribution in [1.29, 1.82) is 0 Å². The molecule has 0 aliphatic heterocycles. The molecular weight excluding hydrogens is 461 g/mol. The van der Waals surface area contributed by atoms with Crippen molar-refractivity contribution in [3.8, 4) is 17.2 Å². The van der Waals surface area contributed by atoms with E-state index in [1.165, 1.54) is 6.07 Å². The molecule has 0 amide bonds. The van der Waals surface area contributed by atoms with Crippen LogP contribution in [-0.4, -0.2) is 17.7 Å². The van der Waals surface area contributed by atoms with Crippen LogP contribution in [0.2, 0.25) is 5.02 Å². The molecule has 0 saturated carbocycles. The summed E-state index contributed by atoms with van der Waals surface area (Å²) in [5.41, 5.74) is 0.279. The van der Waals surface area contributed by atoms with Gasteiger partial charge in [0.05, 0.1) is 27.8 Å². The van der Waals surface area contributed by atoms with Crippen molar-refractivity contribution in [2.75, 3.05) is 6.61 Å². The first kappa shape index (κ1) is 24.1. The first-order chi connectivity index (χ1) is 15.6. The number of benzene rings is 3. The van der Waals surface area contributed by atoms with Crippen molar-refractivity contribution in [3.05, 3.63) is 86.4 Å². The van der Waals surface area contributed by atoms with Gasteiger partial charge in [-0.05, 0) is 55.3 Å². The van der Waals surface area contributed by atoms with Gasteiger partial charge in [0.1, 0.15) is 0 Å². The molecule has 0 N–H and O–H groups in total. The molecular formula is C23H18ClF3N2O4. The van der Waals surface area contributed by atoms with Crippen LogP contribution in [0.3, 0.4) is 0 Å². The van der Waals surface area contributed by atoms with Crippen molar-refractivity contribution in [1.82, 2.24) is 0 Å². The van der Waals surface area contributed by atoms with Gasteiger partial charge in [-0.1, -0.05) is 29.8 Å². The molecule has 0 aromatic heterocycles. The molecule has 33 heavy (non-hydrogen) atoms. The lowest BCUT2D eigenvalue weighted by molar-refractivity contribution is -0.385. The Balaban J connectivity index is 2.00. The van der Waals surface area contributed by atoms with Crippen molar-refractivity contribution in [2.24, 2.45) is 4.99 Å². The average Bonchev–Trinajstić information content (AvgIpc) is 2.75. The lowest BCUT2D eigenvalue weighted by Crippen LogP contribution is -2.06. The van der Waals surface area contributed by atoms with Gasteiger partial charge >= 0.3 is 11.9 Å². The molecule has 0 bridgehead atoms. The number of nitrogens with zero attached hydrogens (tertiary/aromatic N) is 2. The third-order valence-electron chi connectivity index (χ3n) is 4.49. The Labute approximate surface area is 192 Å². The van der Waals surface area contributed by atoms with Gasteiger partial charge in [-0.25, -0.2) is 0 Å². The van der Waals surface area contributed by atoms with E-state index in [9.17, 15) is 23.3 Å². The monoisotopic (exact) mass is 478 g/mol. The molecule has 0 aliphatic carbocycles. The number of aryl methyl sites for hydroxylation is 1. The molecule has 0 aliphatic rings. The molecule has 10 heteroatoms. The van der Waals surface area contributed by atoms with Crippen LogP contribution in [0.4, 0.5) is 24.5 Å². The minimum atomic E-state index is -4.74. The Morgan fingerprint density at radius 3 is 2.48 bits per heavy atom. The van der Waals surface area contributed by atoms with Crippen LogP contribution in [0.5, 0.6) is 17.2 Å². The fourth-order valence-corrected chi connectivity index (χ4v) is 3.17. The molecule has 0 unspecified atom stereocenters. The van der Waals surface area contributed by atoms with E-state index in [2.05, 4.69) is 4.99 Å². The summed E-state index contributed by atoms with van der Waals surface area (Å²) in [6, 6.07) is 12.6. The average molecular weight is 479 g/mol. The number of hydrogen-bond donors (Lipinski definition) is 0. The smallest absolute Gasteiger partial charge is 0.416 e. The van der Waals surface area contributed by atoms with Crippen LogP contribution in [0, 0.1) is 17.0 Å². The molecule has 0 atom stereocenters. The minimum Gasteiger partial charge on any atom is -0.490 e. The lowest BCUT2D eigenvalue weighted by Gasteiger charge is -2.15. The maximum Gasteiger partial charge on any atom is 0.416 e. The molecule has 3 aromatic rings. The summed E-state index contributed by atoms with van der Waals surface area (Å²) in [5, 5.41) is 11.4. The predicted octanol–water partition coefficient (Wildman–Crippen LogP) is 7.52. The number of hydrogen-bond acceptors (Lipinski definition) is 5. The standard InChI is InChI=1S/C23H18ClF3N2O4/c1-3-32-21-11-15(13-28-18-7-5-4-6-14(18)2)10-17(24)22(21)33-20-9-8-16(23(25,26)27)12-19(20)29(30)31/h4-13H,3H2,1-2H3. The largest absolute Gasteiger partial charge is 0.490 e. The summed E-state index contributed by atoms with van der Waals surface area (Å²) in [5.74, 6) is -0.308. The number of aliphatic imine (C=N–C) groups is 1. The van der Waals surface area contributed by atoms with Crippen LogP contribution >= 0.6 is 11.6 Å². The van der Waals surface area contributed by atoms with Gasteiger partial charge in [0.15, 0.2) is 11.5 Å². The number of nitro benzene ring substituents is 1. The van der Waals surface area contributed by atoms with Crippen molar-refractivity contribution in [2.45, 2.75) is 20.0 Å². The molecule has 0 spiro atoms. The van der Waals surface area contributed by atoms with Crippen LogP contribution < -0.4 is 9.47 Å². The van der Waals surface area contributed by atoms with Gasteiger partial charge in [-0.2, -0.15) is 13.2 Å². The van der Waals surface area contributed by atoms with Gasteiger partial charge < -0.3 is 9.47 Å². The molecule has 0 radical (unpaired) electrons. The molecule has 0 saturated heterocycles. The highest BCUT2D eigenvalue weighted by atomic mass is 35.5. The summed E-state index contributed by atoms with van der Waals surface area (Å²) in [6.45, 7) is 3.85. The number of halogens is 4. The van der Waals surface area contributed by atoms with Gasteiger partial charge in [-0.15, -0.1) is 0 Å². The topological polar surface area (TPSA) is 74.0 Å². The van der Waals surface area contributed by atoms with Gasteiger partial charge in [0, 0.05) is 12.3 Å². The summed E-state index contributed by atoms with van der Waals surface area (Å²) >= 11 is 6.35. The van der Waals surface area contributed by atoms with Gasteiger partial charge in [-0.3, -0.25) is 15.1 Å². The second-order valence-corrected chi connectivity index (χ2v) is 7.25. The van der Waals surface area contributed by atoms with E-state index in [-0.39, 0.29) is 23.1 Å². The SMILES string of the molecule is CCOc1cc(C=Nc2ccccc2C)cc(Cl)c1Oc1ccc(C(F)(F)F)cc1[N+](=O)[O-]. The summed E-state index contributed by atoms with van der Waals surface area (Å²) in [7, 11) is 0. The number of rotatable bonds is 7. The Hall–Kier alpha value is -3.59. The van der Waals surface area contributed by atoms with E-state index < -0.39 is 28.1 Å². The van der Waals surface area contributed by atoms with E-state index in [0.29, 0.717) is 17.7 Å². The second kappa shape index (κ2) is 9.91. The van der Waals surface area contributed by atoms with Crippen molar-refractivity contribution in [3.63, 3.8) is 0 Å². The molecule has 3 rings (SSSR count). The zero-order valence-electron chi connectivity index (χ0n) is 17.5. The first-order valence-corrected chi connectivity index (χ1v) is 10.1. The highest BCUT2D eigenvalue weighted by Gasteiger charge is 2.33. The maximum absolute atomic E-state index is 13.0. The lowest BCUT2D eigenvalue weighted by atomic mass is 10.1. The number of para-hydroxylation sites is 1. The summed E-state index contributed by atoms with van der Waals surface area (Å²) < 4.78 is 50.0. The maximum atomic E-state index is 13.0. The third kappa shape index (κ3) is 5.81. The summed E-state index contributed by atoms with van der Waals surface area (Å²) in [4.78, 5) is 14.8. The Kier molecular flexibility index (Phi) is 7.23. The number of ether oxygens (including phenoxy) is 2. The number of alkyl halides is 3. The molecule has 6 nitrogen and oxygen atoms in total. The highest BCUT2D eigenvalue weighted by Crippen LogP contribution is 2.43. The normalized spacial score (nSPS) is 11.6. The third-order valence-corrected chi connectivity index (χ3v) is 4.78. The van der Waals surface area contributed by atoms with E-state index in [1.54, 1.807) is 19.2 Å². The minimum absolute atomic E-state index is 0.0429. The fraction of sp³-hybridized carbons (Fsp3) is 0.174. The van der Waals surface area contributed by atoms with E-state index in [0.717, 1.165) is 17.3 Å². The zero-order chi connectivity index (χ0) is 24.2. The van der Waals surface area contributed by atoms with E-state index in [1.807, 2.05) is 31.2 Å². The molecule has 3 aromatic carbocycles. The molecule has 0 fully saturated rings. The first-order valence-electron chi connectivity index (χ1n) is 9.69. The molecule has 0 heterocycles. The fourth-order valence-electron chi connectivity index (χ4n) is 2.91. The van der Waals surface area contributed by atoms with Crippen molar-refractivity contribution >= 4 is 29.2 Å². The Morgan fingerprint density at radius 1 is 1.12 bits per heavy atom. The van der Waals surface area contributed by atoms with Crippen LogP contribution in [0.25, 0.3) is 0 Å². The van der Waals surface area contributed by atoms with Crippen molar-refractivity contribution < 1.29 is 27.6 Å². The van der Waals surface area contributed by atoms with Crippen LogP contribution in [-0.2, 0) is 6.18 Å². The van der Waals surface area contributed by atoms with Gasteiger partial charge in [0.25, 0.3) is 0 Å². The quantitative estimate of drug-likeness (QED) is 0.200. The number of nitro groups is 1. The zero-order valence-corrected chi connectivity index (χ0v) is 18.3. The van der Waals surface area contributed by atoms with E-state index in [4.69, 9.17) is 21.1 Å². The van der Waals surface area contributed by atoms with E-state index >= 15 is 0 Å².